The number of hydrogen-bond donors (Lipinski definition) is 0. The monoisotopic (exact) mass is 288 g/mol. The lowest BCUT2D eigenvalue weighted by Crippen LogP contribution is -2.23. The van der Waals surface area contributed by atoms with E-state index in [2.05, 4.69) is 31.2 Å². The lowest BCUT2D eigenvalue weighted by molar-refractivity contribution is 0.793. The Hall–Kier alpha value is -2.81. The molecule has 0 saturated heterocycles. The van der Waals surface area contributed by atoms with Crippen LogP contribution in [-0.2, 0) is 6.54 Å². The highest BCUT2D eigenvalue weighted by molar-refractivity contribution is 5.80. The van der Waals surface area contributed by atoms with Gasteiger partial charge in [-0.05, 0) is 42.3 Å². The number of fused-ring (bicyclic) bond motifs is 3. The molecule has 0 bridgehead atoms. The Morgan fingerprint density at radius 1 is 0.864 bits per heavy atom. The zero-order chi connectivity index (χ0) is 15.1. The van der Waals surface area contributed by atoms with Crippen molar-refractivity contribution in [2.75, 3.05) is 0 Å². The van der Waals surface area contributed by atoms with E-state index in [1.807, 2.05) is 51.6 Å². The number of aryl methyl sites for hydroxylation is 1. The van der Waals surface area contributed by atoms with Gasteiger partial charge in [0.05, 0.1) is 17.6 Å². The molecule has 2 aromatic carbocycles. The zero-order valence-corrected chi connectivity index (χ0v) is 12.4. The Balaban J connectivity index is 2.07. The topological polar surface area (TPSA) is 26.4 Å². The summed E-state index contributed by atoms with van der Waals surface area (Å²) >= 11 is 0. The Morgan fingerprint density at radius 2 is 1.68 bits per heavy atom. The molecular formula is C19H16N2O. The fraction of sp³-hybridized carbons (Fsp3) is 0.105. The van der Waals surface area contributed by atoms with Crippen molar-refractivity contribution in [1.82, 2.24) is 8.97 Å². The van der Waals surface area contributed by atoms with Crippen LogP contribution < -0.4 is 5.56 Å². The number of rotatable bonds is 2. The lowest BCUT2D eigenvalue weighted by Gasteiger charge is -2.13. The van der Waals surface area contributed by atoms with Crippen LogP contribution in [0.4, 0.5) is 0 Å². The Bertz CT molecular complexity index is 1030. The molecule has 0 spiro atoms. The molecule has 0 aliphatic heterocycles. The van der Waals surface area contributed by atoms with E-state index in [0.717, 1.165) is 16.6 Å². The first-order chi connectivity index (χ1) is 10.7. The van der Waals surface area contributed by atoms with E-state index in [0.29, 0.717) is 12.1 Å². The maximum absolute atomic E-state index is 12.8. The van der Waals surface area contributed by atoms with E-state index < -0.39 is 0 Å². The summed E-state index contributed by atoms with van der Waals surface area (Å²) in [5.41, 5.74) is 5.10. The molecule has 4 aromatic rings. The average Bonchev–Trinajstić information content (AvgIpc) is 3.02. The second kappa shape index (κ2) is 4.88. The van der Waals surface area contributed by atoms with Gasteiger partial charge in [-0.3, -0.25) is 4.79 Å². The maximum Gasteiger partial charge on any atom is 0.275 e. The van der Waals surface area contributed by atoms with E-state index in [1.165, 1.54) is 5.56 Å². The number of hydrogen-bond acceptors (Lipinski definition) is 1. The number of nitrogens with zero attached hydrogens (tertiary/aromatic N) is 2. The Kier molecular flexibility index (Phi) is 2.86. The second-order valence-corrected chi connectivity index (χ2v) is 5.63. The minimum absolute atomic E-state index is 0.0465. The molecule has 2 aromatic heterocycles. The normalized spacial score (nSPS) is 11.3. The fourth-order valence-corrected chi connectivity index (χ4v) is 2.99. The summed E-state index contributed by atoms with van der Waals surface area (Å²) in [4.78, 5) is 12.8. The molecule has 108 valence electrons. The fourth-order valence-electron chi connectivity index (χ4n) is 2.99. The van der Waals surface area contributed by atoms with E-state index in [-0.39, 0.29) is 5.56 Å². The summed E-state index contributed by atoms with van der Waals surface area (Å²) in [6, 6.07) is 20.1. The van der Waals surface area contributed by atoms with Crippen LogP contribution in [0, 0.1) is 6.92 Å². The molecule has 0 aliphatic carbocycles. The molecule has 0 amide bonds. The standard InChI is InChI=1S/C19H16N2O/c1-14-9-10-16-18(12-14)20-11-5-8-17(20)19(22)21(16)13-15-6-3-2-4-7-15/h2-12H,13H2,1H3. The predicted molar refractivity (Wildman–Crippen MR) is 89.4 cm³/mol. The third kappa shape index (κ3) is 1.94. The van der Waals surface area contributed by atoms with Crippen molar-refractivity contribution >= 4 is 16.6 Å². The second-order valence-electron chi connectivity index (χ2n) is 5.63. The van der Waals surface area contributed by atoms with Gasteiger partial charge in [-0.1, -0.05) is 36.4 Å². The van der Waals surface area contributed by atoms with Gasteiger partial charge in [-0.15, -0.1) is 0 Å². The molecule has 0 atom stereocenters. The first-order valence-electron chi connectivity index (χ1n) is 7.38. The van der Waals surface area contributed by atoms with Gasteiger partial charge in [-0.2, -0.15) is 0 Å². The van der Waals surface area contributed by atoms with Crippen molar-refractivity contribution in [2.24, 2.45) is 0 Å². The highest BCUT2D eigenvalue weighted by Gasteiger charge is 2.10. The molecule has 0 saturated carbocycles. The van der Waals surface area contributed by atoms with Gasteiger partial charge in [0.25, 0.3) is 5.56 Å². The van der Waals surface area contributed by atoms with Gasteiger partial charge in [0.15, 0.2) is 0 Å². The van der Waals surface area contributed by atoms with Crippen LogP contribution >= 0.6 is 0 Å². The summed E-state index contributed by atoms with van der Waals surface area (Å²) in [7, 11) is 0. The predicted octanol–water partition coefficient (Wildman–Crippen LogP) is 3.61. The first-order valence-corrected chi connectivity index (χ1v) is 7.38. The smallest absolute Gasteiger partial charge is 0.275 e. The summed E-state index contributed by atoms with van der Waals surface area (Å²) in [6.45, 7) is 2.66. The van der Waals surface area contributed by atoms with E-state index in [1.54, 1.807) is 0 Å². The molecular weight excluding hydrogens is 272 g/mol. The molecule has 4 rings (SSSR count). The highest BCUT2D eigenvalue weighted by atomic mass is 16.1. The van der Waals surface area contributed by atoms with Crippen molar-refractivity contribution in [1.29, 1.82) is 0 Å². The van der Waals surface area contributed by atoms with Gasteiger partial charge >= 0.3 is 0 Å². The van der Waals surface area contributed by atoms with Crippen molar-refractivity contribution < 1.29 is 0 Å². The third-order valence-electron chi connectivity index (χ3n) is 4.08. The molecule has 0 radical (unpaired) electrons. The van der Waals surface area contributed by atoms with Crippen LogP contribution in [0.2, 0.25) is 0 Å². The number of benzene rings is 2. The Morgan fingerprint density at radius 3 is 2.50 bits per heavy atom. The largest absolute Gasteiger partial charge is 0.310 e. The summed E-state index contributed by atoms with van der Waals surface area (Å²) in [5, 5.41) is 0. The van der Waals surface area contributed by atoms with Gasteiger partial charge in [0.2, 0.25) is 0 Å². The summed E-state index contributed by atoms with van der Waals surface area (Å²) in [6.07, 6.45) is 1.95. The van der Waals surface area contributed by atoms with Crippen LogP contribution in [0.1, 0.15) is 11.1 Å². The van der Waals surface area contributed by atoms with E-state index in [9.17, 15) is 4.79 Å². The van der Waals surface area contributed by atoms with Crippen LogP contribution in [0.15, 0.2) is 71.7 Å². The van der Waals surface area contributed by atoms with E-state index >= 15 is 0 Å². The van der Waals surface area contributed by atoms with Crippen molar-refractivity contribution in [3.8, 4) is 0 Å². The van der Waals surface area contributed by atoms with Crippen molar-refractivity contribution in [3.05, 3.63) is 88.3 Å². The van der Waals surface area contributed by atoms with Crippen molar-refractivity contribution in [3.63, 3.8) is 0 Å². The van der Waals surface area contributed by atoms with Gasteiger partial charge < -0.3 is 8.97 Å². The molecule has 22 heavy (non-hydrogen) atoms. The van der Waals surface area contributed by atoms with Crippen LogP contribution in [0.5, 0.6) is 0 Å². The quantitative estimate of drug-likeness (QED) is 0.553. The molecule has 3 heteroatoms. The number of aromatic nitrogens is 2. The van der Waals surface area contributed by atoms with E-state index in [4.69, 9.17) is 0 Å². The van der Waals surface area contributed by atoms with Crippen LogP contribution in [0.3, 0.4) is 0 Å². The van der Waals surface area contributed by atoms with Gasteiger partial charge in [0, 0.05) is 6.20 Å². The van der Waals surface area contributed by atoms with Gasteiger partial charge in [0.1, 0.15) is 5.52 Å². The van der Waals surface area contributed by atoms with Crippen LogP contribution in [0.25, 0.3) is 16.6 Å². The van der Waals surface area contributed by atoms with Gasteiger partial charge in [-0.25, -0.2) is 0 Å². The molecule has 0 unspecified atom stereocenters. The highest BCUT2D eigenvalue weighted by Crippen LogP contribution is 2.18. The molecule has 3 nitrogen and oxygen atoms in total. The zero-order valence-electron chi connectivity index (χ0n) is 12.4. The molecule has 0 N–H and O–H groups in total. The molecule has 2 heterocycles. The maximum atomic E-state index is 12.8. The molecule has 0 fully saturated rings. The minimum Gasteiger partial charge on any atom is -0.310 e. The van der Waals surface area contributed by atoms with Crippen LogP contribution in [-0.4, -0.2) is 8.97 Å². The van der Waals surface area contributed by atoms with Crippen molar-refractivity contribution in [2.45, 2.75) is 13.5 Å². The first kappa shape index (κ1) is 12.9. The summed E-state index contributed by atoms with van der Waals surface area (Å²) in [5.74, 6) is 0. The average molecular weight is 288 g/mol. The lowest BCUT2D eigenvalue weighted by atomic mass is 10.2. The summed E-state index contributed by atoms with van der Waals surface area (Å²) < 4.78 is 3.84. The molecule has 0 aliphatic rings. The SMILES string of the molecule is Cc1ccc2c(c1)n1cccc1c(=O)n2Cc1ccccc1. The Labute approximate surface area is 128 Å². The minimum atomic E-state index is 0.0465. The third-order valence-corrected chi connectivity index (χ3v) is 4.08.